The standard InChI is InChI=1S/C28H29BrCl2N2O5/c1-14-11-15(7-10-20(14)34)22-17-8-9-18-21(24(36)33(23(18)35)16-5-3-2-4-6-16)19(17)12-27(30)25(37)32(13-29)26(38)28(22,27)31/h7-8,10-11,16,18-19,21-22,34H,2-6,9,12-13H2,1H3/t18-,19+,21-,22-,27+,28-/m0/s1. The van der Waals surface area contributed by atoms with Crippen LogP contribution in [0.4, 0.5) is 0 Å². The highest BCUT2D eigenvalue weighted by molar-refractivity contribution is 9.09. The first-order valence-corrected chi connectivity index (χ1v) is 15.1. The number of carbonyl (C=O) groups is 4. The van der Waals surface area contributed by atoms with Crippen LogP contribution in [0.1, 0.15) is 62.0 Å². The number of hydrogen-bond acceptors (Lipinski definition) is 5. The first-order chi connectivity index (χ1) is 18.1. The summed E-state index contributed by atoms with van der Waals surface area (Å²) in [5.41, 5.74) is 1.93. The van der Waals surface area contributed by atoms with Crippen molar-refractivity contribution in [1.29, 1.82) is 0 Å². The van der Waals surface area contributed by atoms with Gasteiger partial charge in [-0.2, -0.15) is 0 Å². The fraction of sp³-hybridized carbons (Fsp3) is 0.571. The Bertz CT molecular complexity index is 1300. The van der Waals surface area contributed by atoms with Gasteiger partial charge in [0.1, 0.15) is 5.75 Å². The van der Waals surface area contributed by atoms with Crippen molar-refractivity contribution in [3.63, 3.8) is 0 Å². The fourth-order valence-electron chi connectivity index (χ4n) is 7.71. The highest BCUT2D eigenvalue weighted by Crippen LogP contribution is 2.65. The van der Waals surface area contributed by atoms with E-state index in [9.17, 15) is 24.3 Å². The Morgan fingerprint density at radius 1 is 1.03 bits per heavy atom. The van der Waals surface area contributed by atoms with Crippen molar-refractivity contribution in [2.75, 3.05) is 5.45 Å². The number of likely N-dealkylation sites (tertiary alicyclic amines) is 2. The Hall–Kier alpha value is -1.90. The van der Waals surface area contributed by atoms with Gasteiger partial charge in [0.2, 0.25) is 11.8 Å². The number of fused-ring (bicyclic) bond motifs is 4. The second-order valence-corrected chi connectivity index (χ2v) is 13.1. The quantitative estimate of drug-likeness (QED) is 0.227. The van der Waals surface area contributed by atoms with Gasteiger partial charge in [-0.05, 0) is 55.7 Å². The predicted octanol–water partition coefficient (Wildman–Crippen LogP) is 4.74. The van der Waals surface area contributed by atoms with E-state index in [1.165, 1.54) is 11.0 Å². The van der Waals surface area contributed by atoms with Crippen molar-refractivity contribution in [2.24, 2.45) is 17.8 Å². The topological polar surface area (TPSA) is 95.0 Å². The third-order valence-corrected chi connectivity index (χ3v) is 11.5. The molecule has 2 saturated heterocycles. The van der Waals surface area contributed by atoms with Crippen LogP contribution in [0.25, 0.3) is 0 Å². The maximum atomic E-state index is 14.0. The summed E-state index contributed by atoms with van der Waals surface area (Å²) in [5.74, 6) is -3.92. The zero-order valence-electron chi connectivity index (χ0n) is 21.0. The fourth-order valence-corrected chi connectivity index (χ4v) is 9.13. The van der Waals surface area contributed by atoms with Gasteiger partial charge in [-0.25, -0.2) is 0 Å². The van der Waals surface area contributed by atoms with Gasteiger partial charge in [-0.3, -0.25) is 29.0 Å². The lowest BCUT2D eigenvalue weighted by atomic mass is 9.56. The van der Waals surface area contributed by atoms with Gasteiger partial charge in [0.15, 0.2) is 9.75 Å². The minimum atomic E-state index is -1.83. The Morgan fingerprint density at radius 2 is 1.74 bits per heavy atom. The number of phenolic OH excluding ortho intramolecular Hbond substituents is 1. The molecule has 202 valence electrons. The Labute approximate surface area is 239 Å². The first-order valence-electron chi connectivity index (χ1n) is 13.2. The largest absolute Gasteiger partial charge is 0.508 e. The lowest BCUT2D eigenvalue weighted by Crippen LogP contribution is -2.60. The van der Waals surface area contributed by atoms with Crippen molar-refractivity contribution in [3.05, 3.63) is 41.0 Å². The van der Waals surface area contributed by atoms with E-state index in [1.54, 1.807) is 19.1 Å². The normalized spacial score (nSPS) is 37.3. The van der Waals surface area contributed by atoms with E-state index in [2.05, 4.69) is 15.9 Å². The molecule has 0 unspecified atom stereocenters. The molecule has 6 atom stereocenters. The van der Waals surface area contributed by atoms with Crippen molar-refractivity contribution in [2.45, 2.75) is 73.6 Å². The molecule has 7 nitrogen and oxygen atoms in total. The third-order valence-electron chi connectivity index (χ3n) is 9.54. The smallest absolute Gasteiger partial charge is 0.254 e. The molecule has 3 aliphatic carbocycles. The second kappa shape index (κ2) is 9.07. The molecule has 2 heterocycles. The van der Waals surface area contributed by atoms with Crippen molar-refractivity contribution < 1.29 is 24.3 Å². The summed E-state index contributed by atoms with van der Waals surface area (Å²) in [6.45, 7) is 1.74. The van der Waals surface area contributed by atoms with E-state index < -0.39 is 45.2 Å². The van der Waals surface area contributed by atoms with E-state index in [4.69, 9.17) is 23.2 Å². The Morgan fingerprint density at radius 3 is 2.39 bits per heavy atom. The second-order valence-electron chi connectivity index (χ2n) is 11.4. The lowest BCUT2D eigenvalue weighted by molar-refractivity contribution is -0.144. The molecule has 10 heteroatoms. The van der Waals surface area contributed by atoms with Crippen molar-refractivity contribution >= 4 is 62.8 Å². The molecule has 1 N–H and O–H groups in total. The van der Waals surface area contributed by atoms with Crippen LogP contribution in [0.5, 0.6) is 5.75 Å². The number of aryl methyl sites for hydroxylation is 1. The molecule has 2 saturated carbocycles. The molecule has 5 aliphatic rings. The number of hydrogen-bond donors (Lipinski definition) is 1. The van der Waals surface area contributed by atoms with E-state index in [0.717, 1.165) is 42.6 Å². The highest BCUT2D eigenvalue weighted by Gasteiger charge is 2.76. The SMILES string of the molecule is Cc1cc([C@H]2C3=CC[C@@H]4C(=O)N(C5CCCCC5)C(=O)[C@@H]4[C@@H]3C[C@@]3(Cl)C(=O)N(CBr)C(=O)[C@@]23Cl)ccc1O. The van der Waals surface area contributed by atoms with E-state index in [1.807, 2.05) is 6.08 Å². The average Bonchev–Trinajstić information content (AvgIpc) is 3.24. The van der Waals surface area contributed by atoms with E-state index in [-0.39, 0.29) is 35.5 Å². The van der Waals surface area contributed by atoms with Crippen LogP contribution < -0.4 is 0 Å². The van der Waals surface area contributed by atoms with Gasteiger partial charge in [-0.15, -0.1) is 23.2 Å². The zero-order valence-corrected chi connectivity index (χ0v) is 24.1. The molecule has 1 aromatic carbocycles. The molecule has 0 aromatic heterocycles. The summed E-state index contributed by atoms with van der Waals surface area (Å²) in [7, 11) is 0. The van der Waals surface area contributed by atoms with Gasteiger partial charge in [0, 0.05) is 12.0 Å². The number of rotatable bonds is 3. The number of halogens is 3. The number of phenols is 1. The van der Waals surface area contributed by atoms with Crippen molar-refractivity contribution in [1.82, 2.24) is 9.80 Å². The molecular weight excluding hydrogens is 595 g/mol. The maximum absolute atomic E-state index is 14.0. The van der Waals surface area contributed by atoms with Crippen molar-refractivity contribution in [3.8, 4) is 5.75 Å². The summed E-state index contributed by atoms with van der Waals surface area (Å²) in [5, 5.41) is 10.2. The highest BCUT2D eigenvalue weighted by atomic mass is 79.9. The van der Waals surface area contributed by atoms with Crippen LogP contribution >= 0.6 is 39.1 Å². The minimum Gasteiger partial charge on any atom is -0.508 e. The monoisotopic (exact) mass is 622 g/mol. The van der Waals surface area contributed by atoms with Gasteiger partial charge < -0.3 is 5.11 Å². The number of allylic oxidation sites excluding steroid dienone is 2. The molecule has 4 fully saturated rings. The molecule has 0 spiro atoms. The third kappa shape index (κ3) is 3.32. The van der Waals surface area contributed by atoms with Crippen LogP contribution in [-0.2, 0) is 19.2 Å². The number of alkyl halides is 3. The number of aromatic hydroxyl groups is 1. The number of imide groups is 2. The predicted molar refractivity (Wildman–Crippen MR) is 145 cm³/mol. The Kier molecular flexibility index (Phi) is 6.28. The number of nitrogens with zero attached hydrogens (tertiary/aromatic N) is 2. The molecule has 38 heavy (non-hydrogen) atoms. The van der Waals surface area contributed by atoms with Gasteiger partial charge >= 0.3 is 0 Å². The number of benzene rings is 1. The summed E-state index contributed by atoms with van der Waals surface area (Å²) < 4.78 is 0. The average molecular weight is 624 g/mol. The molecule has 2 aliphatic heterocycles. The van der Waals surface area contributed by atoms with Gasteiger partial charge in [-0.1, -0.05) is 59.0 Å². The zero-order chi connectivity index (χ0) is 27.1. The maximum Gasteiger partial charge on any atom is 0.254 e. The molecule has 6 rings (SSSR count). The summed E-state index contributed by atoms with van der Waals surface area (Å²) in [6.07, 6.45) is 7.02. The molecular formula is C28H29BrCl2N2O5. The molecule has 0 bridgehead atoms. The van der Waals surface area contributed by atoms with E-state index >= 15 is 0 Å². The van der Waals surface area contributed by atoms with E-state index in [0.29, 0.717) is 17.5 Å². The van der Waals surface area contributed by atoms with Gasteiger partial charge in [0.25, 0.3) is 11.8 Å². The van der Waals surface area contributed by atoms with Crippen LogP contribution in [0, 0.1) is 24.7 Å². The summed E-state index contributed by atoms with van der Waals surface area (Å²) in [4.78, 5) is 53.9. The molecule has 4 amide bonds. The number of carbonyl (C=O) groups excluding carboxylic acids is 4. The summed E-state index contributed by atoms with van der Waals surface area (Å²) >= 11 is 17.7. The molecule has 0 radical (unpaired) electrons. The first kappa shape index (κ1) is 26.3. The van der Waals surface area contributed by atoms with Crippen LogP contribution in [0.15, 0.2) is 29.8 Å². The summed E-state index contributed by atoms with van der Waals surface area (Å²) in [6, 6.07) is 4.89. The minimum absolute atomic E-state index is 0.00970. The lowest BCUT2D eigenvalue weighted by Gasteiger charge is -2.50. The van der Waals surface area contributed by atoms with Crippen LogP contribution in [0.3, 0.4) is 0 Å². The molecule has 1 aromatic rings. The van der Waals surface area contributed by atoms with Crippen LogP contribution in [0.2, 0.25) is 0 Å². The van der Waals surface area contributed by atoms with Gasteiger partial charge in [0.05, 0.1) is 17.3 Å². The Balaban J connectivity index is 1.50. The van der Waals surface area contributed by atoms with Crippen LogP contribution in [-0.4, -0.2) is 59.8 Å². The number of amides is 4.